The monoisotopic (exact) mass is 396 g/mol. The molecule has 0 aliphatic carbocycles. The van der Waals surface area contributed by atoms with Gasteiger partial charge in [-0.25, -0.2) is 12.8 Å². The quantitative estimate of drug-likeness (QED) is 0.712. The molecule has 0 radical (unpaired) electrons. The van der Waals surface area contributed by atoms with Gasteiger partial charge < -0.3 is 10.2 Å². The molecular formula is C15H26ClFN4O3S. The molecule has 2 aliphatic rings. The first-order valence-electron chi connectivity index (χ1n) is 8.32. The molecule has 0 bridgehead atoms. The Kier molecular flexibility index (Phi) is 8.06. The van der Waals surface area contributed by atoms with Crippen molar-refractivity contribution in [1.82, 2.24) is 14.5 Å². The number of hydrogen-bond acceptors (Lipinski definition) is 5. The van der Waals surface area contributed by atoms with Gasteiger partial charge in [0.1, 0.15) is 12.2 Å². The van der Waals surface area contributed by atoms with E-state index in [0.717, 1.165) is 12.8 Å². The topological polar surface area (TPSA) is 93.5 Å². The molecular weight excluding hydrogens is 371 g/mol. The first-order valence-corrected chi connectivity index (χ1v) is 9.82. The second-order valence-electron chi connectivity index (χ2n) is 6.66. The highest BCUT2D eigenvalue weighted by Crippen LogP contribution is 2.23. The van der Waals surface area contributed by atoms with Crippen LogP contribution in [0.3, 0.4) is 0 Å². The lowest BCUT2D eigenvalue weighted by molar-refractivity contribution is -0.130. The molecule has 2 heterocycles. The molecule has 0 saturated carbocycles. The van der Waals surface area contributed by atoms with E-state index in [-0.39, 0.29) is 43.9 Å². The van der Waals surface area contributed by atoms with Crippen molar-refractivity contribution in [1.29, 1.82) is 5.26 Å². The molecule has 0 spiro atoms. The molecule has 25 heavy (non-hydrogen) atoms. The molecule has 1 N–H and O–H groups in total. The molecule has 7 nitrogen and oxygen atoms in total. The number of nitrogens with one attached hydrogen (secondary N) is 1. The minimum atomic E-state index is -3.31. The molecule has 0 aromatic rings. The van der Waals surface area contributed by atoms with Crippen LogP contribution in [-0.4, -0.2) is 73.2 Å². The Morgan fingerprint density at radius 1 is 1.44 bits per heavy atom. The second-order valence-corrected chi connectivity index (χ2v) is 9.10. The zero-order valence-electron chi connectivity index (χ0n) is 14.5. The standard InChI is InChI=1S/C15H25FN4O3S.ClH/c1-11(2)24(22,23)20-5-3-4-13(20)8-18-9-15(21)19-10-12(16)6-14(19)7-17;/h11-14,18H,3-6,8-10H2,1-2H3;1H/t12-,13+,14-;/m0./s1. The van der Waals surface area contributed by atoms with E-state index in [0.29, 0.717) is 13.1 Å². The Balaban J connectivity index is 0.00000312. The summed E-state index contributed by atoms with van der Waals surface area (Å²) in [6.45, 7) is 4.14. The van der Waals surface area contributed by atoms with Crippen molar-refractivity contribution < 1.29 is 17.6 Å². The molecule has 2 rings (SSSR count). The zero-order chi connectivity index (χ0) is 17.9. The van der Waals surface area contributed by atoms with E-state index < -0.39 is 27.5 Å². The predicted molar refractivity (Wildman–Crippen MR) is 94.5 cm³/mol. The molecule has 10 heteroatoms. The Hall–Kier alpha value is -0.950. The van der Waals surface area contributed by atoms with E-state index >= 15 is 0 Å². The van der Waals surface area contributed by atoms with Crippen LogP contribution in [0.15, 0.2) is 0 Å². The zero-order valence-corrected chi connectivity index (χ0v) is 16.2. The fraction of sp³-hybridized carbons (Fsp3) is 0.867. The fourth-order valence-electron chi connectivity index (χ4n) is 3.25. The highest BCUT2D eigenvalue weighted by molar-refractivity contribution is 7.89. The van der Waals surface area contributed by atoms with Crippen molar-refractivity contribution in [2.75, 3.05) is 26.2 Å². The fourth-order valence-corrected chi connectivity index (χ4v) is 4.77. The van der Waals surface area contributed by atoms with Crippen LogP contribution in [0.4, 0.5) is 4.39 Å². The van der Waals surface area contributed by atoms with Crippen LogP contribution < -0.4 is 5.32 Å². The van der Waals surface area contributed by atoms with Gasteiger partial charge in [-0.05, 0) is 26.7 Å². The molecule has 1 amide bonds. The lowest BCUT2D eigenvalue weighted by Crippen LogP contribution is -2.47. The van der Waals surface area contributed by atoms with Crippen molar-refractivity contribution in [3.05, 3.63) is 0 Å². The van der Waals surface area contributed by atoms with E-state index in [1.807, 2.05) is 6.07 Å². The van der Waals surface area contributed by atoms with E-state index in [1.165, 1.54) is 9.21 Å². The summed E-state index contributed by atoms with van der Waals surface area (Å²) in [5.74, 6) is -0.321. The number of carbonyl (C=O) groups is 1. The number of sulfonamides is 1. The van der Waals surface area contributed by atoms with Crippen molar-refractivity contribution in [2.24, 2.45) is 0 Å². The number of amides is 1. The number of alkyl halides is 1. The SMILES string of the molecule is CC(C)S(=O)(=O)N1CCC[C@@H]1CNCC(=O)N1C[C@@H](F)C[C@H]1C#N.Cl. The molecule has 3 atom stereocenters. The maximum Gasteiger partial charge on any atom is 0.237 e. The maximum absolute atomic E-state index is 13.4. The third-order valence-corrected chi connectivity index (χ3v) is 6.95. The maximum atomic E-state index is 13.4. The van der Waals surface area contributed by atoms with Crippen LogP contribution in [0.2, 0.25) is 0 Å². The molecule has 0 aromatic heterocycles. The minimum Gasteiger partial charge on any atom is -0.323 e. The van der Waals surface area contributed by atoms with Gasteiger partial charge in [0.25, 0.3) is 0 Å². The van der Waals surface area contributed by atoms with E-state index in [9.17, 15) is 17.6 Å². The van der Waals surface area contributed by atoms with Crippen molar-refractivity contribution in [3.63, 3.8) is 0 Å². The summed E-state index contributed by atoms with van der Waals surface area (Å²) < 4.78 is 39.5. The summed E-state index contributed by atoms with van der Waals surface area (Å²) in [6.07, 6.45) is 0.466. The highest BCUT2D eigenvalue weighted by atomic mass is 35.5. The van der Waals surface area contributed by atoms with E-state index in [4.69, 9.17) is 5.26 Å². The molecule has 2 aliphatic heterocycles. The third-order valence-electron chi connectivity index (χ3n) is 4.62. The van der Waals surface area contributed by atoms with Gasteiger partial charge in [0.15, 0.2) is 0 Å². The van der Waals surface area contributed by atoms with Crippen molar-refractivity contribution in [3.8, 4) is 6.07 Å². The van der Waals surface area contributed by atoms with Crippen LogP contribution in [0.25, 0.3) is 0 Å². The summed E-state index contributed by atoms with van der Waals surface area (Å²) >= 11 is 0. The van der Waals surface area contributed by atoms with Gasteiger partial charge in [0.2, 0.25) is 15.9 Å². The Morgan fingerprint density at radius 2 is 2.12 bits per heavy atom. The van der Waals surface area contributed by atoms with Crippen LogP contribution in [0.1, 0.15) is 33.1 Å². The van der Waals surface area contributed by atoms with Gasteiger partial charge in [-0.1, -0.05) is 0 Å². The smallest absolute Gasteiger partial charge is 0.237 e. The first kappa shape index (κ1) is 22.1. The van der Waals surface area contributed by atoms with Gasteiger partial charge in [0, 0.05) is 25.6 Å². The normalized spacial score (nSPS) is 27.3. The third kappa shape index (κ3) is 5.03. The molecule has 0 unspecified atom stereocenters. The summed E-state index contributed by atoms with van der Waals surface area (Å²) in [5.41, 5.74) is 0. The predicted octanol–water partition coefficient (Wildman–Crippen LogP) is 0.663. The Bertz CT molecular complexity index is 610. The van der Waals surface area contributed by atoms with Crippen LogP contribution in [0.5, 0.6) is 0 Å². The Labute approximate surface area is 155 Å². The van der Waals surface area contributed by atoms with E-state index in [2.05, 4.69) is 5.32 Å². The summed E-state index contributed by atoms with van der Waals surface area (Å²) in [7, 11) is -3.31. The van der Waals surface area contributed by atoms with Crippen LogP contribution >= 0.6 is 12.4 Å². The number of rotatable bonds is 6. The highest BCUT2D eigenvalue weighted by Gasteiger charge is 2.37. The second kappa shape index (κ2) is 9.12. The molecule has 2 saturated heterocycles. The number of hydrogen-bond donors (Lipinski definition) is 1. The van der Waals surface area contributed by atoms with Gasteiger partial charge in [0.05, 0.1) is 24.4 Å². The lowest BCUT2D eigenvalue weighted by atomic mass is 10.2. The average Bonchev–Trinajstić information content (AvgIpc) is 3.13. The van der Waals surface area contributed by atoms with Gasteiger partial charge in [-0.15, -0.1) is 12.4 Å². The van der Waals surface area contributed by atoms with Crippen LogP contribution in [0, 0.1) is 11.3 Å². The number of halogens is 2. The number of nitriles is 1. The molecule has 2 fully saturated rings. The lowest BCUT2D eigenvalue weighted by Gasteiger charge is -2.26. The average molecular weight is 397 g/mol. The summed E-state index contributed by atoms with van der Waals surface area (Å²) in [6, 6.07) is 1.07. The summed E-state index contributed by atoms with van der Waals surface area (Å²) in [5, 5.41) is 11.5. The number of carbonyl (C=O) groups excluding carboxylic acids is 1. The van der Waals surface area contributed by atoms with Gasteiger partial charge in [-0.2, -0.15) is 9.57 Å². The van der Waals surface area contributed by atoms with Gasteiger partial charge >= 0.3 is 0 Å². The van der Waals surface area contributed by atoms with Gasteiger partial charge in [-0.3, -0.25) is 4.79 Å². The molecule has 0 aromatic carbocycles. The Morgan fingerprint density at radius 3 is 2.72 bits per heavy atom. The summed E-state index contributed by atoms with van der Waals surface area (Å²) in [4.78, 5) is 13.4. The van der Waals surface area contributed by atoms with E-state index in [1.54, 1.807) is 13.8 Å². The minimum absolute atomic E-state index is 0. The largest absolute Gasteiger partial charge is 0.323 e. The first-order chi connectivity index (χ1) is 11.3. The number of nitrogens with zero attached hydrogens (tertiary/aromatic N) is 3. The van der Waals surface area contributed by atoms with Crippen molar-refractivity contribution in [2.45, 2.75) is 56.6 Å². The van der Waals surface area contributed by atoms with Crippen molar-refractivity contribution >= 4 is 28.3 Å². The van der Waals surface area contributed by atoms with Crippen LogP contribution in [-0.2, 0) is 14.8 Å². The molecule has 144 valence electrons. The number of likely N-dealkylation sites (tertiary alicyclic amines) is 1.